The summed E-state index contributed by atoms with van der Waals surface area (Å²) in [5.74, 6) is 0.877. The summed E-state index contributed by atoms with van der Waals surface area (Å²) in [6.45, 7) is 2.26. The number of para-hydroxylation sites is 2. The second-order valence-corrected chi connectivity index (χ2v) is 7.17. The van der Waals surface area contributed by atoms with E-state index in [0.29, 0.717) is 0 Å². The van der Waals surface area contributed by atoms with Gasteiger partial charge in [0, 0.05) is 6.42 Å². The number of rotatable bonds is 12. The van der Waals surface area contributed by atoms with Gasteiger partial charge >= 0.3 is 0 Å². The number of benzene rings is 2. The van der Waals surface area contributed by atoms with Crippen LogP contribution in [0.2, 0.25) is 0 Å². The van der Waals surface area contributed by atoms with Crippen LogP contribution in [0.15, 0.2) is 54.6 Å². The van der Waals surface area contributed by atoms with E-state index in [9.17, 15) is 0 Å². The van der Waals surface area contributed by atoms with Gasteiger partial charge in [0.05, 0.1) is 5.52 Å². The van der Waals surface area contributed by atoms with Crippen molar-refractivity contribution in [2.75, 3.05) is 0 Å². The van der Waals surface area contributed by atoms with E-state index < -0.39 is 0 Å². The van der Waals surface area contributed by atoms with E-state index in [0.717, 1.165) is 29.6 Å². The third-order valence-corrected chi connectivity index (χ3v) is 4.97. The van der Waals surface area contributed by atoms with Crippen LogP contribution in [0.5, 0.6) is 5.75 Å². The molecule has 3 rings (SSSR count). The van der Waals surface area contributed by atoms with Gasteiger partial charge in [-0.3, -0.25) is 0 Å². The van der Waals surface area contributed by atoms with Crippen molar-refractivity contribution in [3.8, 4) is 5.75 Å². The van der Waals surface area contributed by atoms with E-state index in [4.69, 9.17) is 4.74 Å². The minimum absolute atomic E-state index is 0.125. The quantitative estimate of drug-likeness (QED) is 0.342. The van der Waals surface area contributed by atoms with Crippen molar-refractivity contribution >= 4 is 11.0 Å². The molecule has 1 heterocycles. The fourth-order valence-corrected chi connectivity index (χ4v) is 3.44. The molecule has 0 fully saturated rings. The van der Waals surface area contributed by atoms with Crippen LogP contribution in [0.4, 0.5) is 0 Å². The fourth-order valence-electron chi connectivity index (χ4n) is 3.44. The van der Waals surface area contributed by atoms with Gasteiger partial charge in [0.25, 0.3) is 0 Å². The molecule has 144 valence electrons. The van der Waals surface area contributed by atoms with Crippen LogP contribution in [0.25, 0.3) is 11.0 Å². The van der Waals surface area contributed by atoms with Crippen molar-refractivity contribution in [2.24, 2.45) is 0 Å². The van der Waals surface area contributed by atoms with Gasteiger partial charge in [-0.05, 0) is 30.7 Å². The summed E-state index contributed by atoms with van der Waals surface area (Å²) in [5, 5.41) is 8.68. The zero-order chi connectivity index (χ0) is 18.7. The molecule has 0 saturated carbocycles. The summed E-state index contributed by atoms with van der Waals surface area (Å²) in [4.78, 5) is 0. The molecule has 1 aromatic heterocycles. The summed E-state index contributed by atoms with van der Waals surface area (Å²) in [7, 11) is 0. The van der Waals surface area contributed by atoms with Crippen LogP contribution < -0.4 is 4.74 Å². The molecule has 3 aromatic rings. The second kappa shape index (κ2) is 10.7. The third-order valence-electron chi connectivity index (χ3n) is 4.97. The van der Waals surface area contributed by atoms with Gasteiger partial charge in [-0.1, -0.05) is 87.4 Å². The molecule has 1 atom stereocenters. The molecule has 0 aliphatic rings. The van der Waals surface area contributed by atoms with Crippen molar-refractivity contribution in [2.45, 2.75) is 70.9 Å². The molecule has 0 radical (unpaired) electrons. The van der Waals surface area contributed by atoms with Gasteiger partial charge in [-0.2, -0.15) is 0 Å². The average molecular weight is 366 g/mol. The predicted octanol–water partition coefficient (Wildman–Crippen LogP) is 6.54. The van der Waals surface area contributed by atoms with Crippen LogP contribution in [0.3, 0.4) is 0 Å². The maximum absolute atomic E-state index is 6.29. The van der Waals surface area contributed by atoms with E-state index in [-0.39, 0.29) is 6.23 Å². The normalized spacial score (nSPS) is 12.3. The molecule has 0 amide bonds. The van der Waals surface area contributed by atoms with Gasteiger partial charge < -0.3 is 4.74 Å². The number of hydrogen-bond donors (Lipinski definition) is 0. The Balaban J connectivity index is 1.59. The third kappa shape index (κ3) is 5.81. The zero-order valence-corrected chi connectivity index (χ0v) is 16.4. The van der Waals surface area contributed by atoms with E-state index in [1.807, 2.05) is 53.2 Å². The first-order valence-corrected chi connectivity index (χ1v) is 10.4. The number of fused-ring (bicyclic) bond motifs is 1. The summed E-state index contributed by atoms with van der Waals surface area (Å²) in [6, 6.07) is 18.1. The molecular formula is C23H31N3O. The van der Waals surface area contributed by atoms with Gasteiger partial charge in [0.1, 0.15) is 11.3 Å². The van der Waals surface area contributed by atoms with Crippen molar-refractivity contribution in [1.82, 2.24) is 15.0 Å². The number of hydrogen-bond acceptors (Lipinski definition) is 3. The van der Waals surface area contributed by atoms with Crippen molar-refractivity contribution < 1.29 is 4.74 Å². The Labute approximate surface area is 162 Å². The first-order valence-electron chi connectivity index (χ1n) is 10.4. The molecule has 4 heteroatoms. The fraction of sp³-hybridized carbons (Fsp3) is 0.478. The minimum atomic E-state index is -0.125. The molecule has 4 nitrogen and oxygen atoms in total. The number of unbranched alkanes of at least 4 members (excludes halogenated alkanes) is 7. The first kappa shape index (κ1) is 19.4. The predicted molar refractivity (Wildman–Crippen MR) is 111 cm³/mol. The first-order chi connectivity index (χ1) is 13.4. The van der Waals surface area contributed by atoms with Crippen molar-refractivity contribution in [3.63, 3.8) is 0 Å². The molecule has 0 bridgehead atoms. The van der Waals surface area contributed by atoms with E-state index in [2.05, 4.69) is 23.3 Å². The smallest absolute Gasteiger partial charge is 0.193 e. The lowest BCUT2D eigenvalue weighted by Crippen LogP contribution is -2.17. The molecule has 1 unspecified atom stereocenters. The summed E-state index contributed by atoms with van der Waals surface area (Å²) >= 11 is 0. The largest absolute Gasteiger partial charge is 0.469 e. The maximum atomic E-state index is 6.29. The zero-order valence-electron chi connectivity index (χ0n) is 16.4. The van der Waals surface area contributed by atoms with Crippen LogP contribution in [0, 0.1) is 0 Å². The van der Waals surface area contributed by atoms with Crippen molar-refractivity contribution in [3.05, 3.63) is 54.6 Å². The standard InChI is InChI=1S/C23H31N3O/c1-2-3-4-5-6-7-8-12-19-23(27-20-15-10-9-11-16-20)26-22-18-14-13-17-21(22)24-25-26/h9-11,13-18,23H,2-8,12,19H2,1H3. The molecule has 0 N–H and O–H groups in total. The molecule has 27 heavy (non-hydrogen) atoms. The van der Waals surface area contributed by atoms with Crippen LogP contribution in [-0.4, -0.2) is 15.0 Å². The lowest BCUT2D eigenvalue weighted by Gasteiger charge is -2.20. The van der Waals surface area contributed by atoms with Gasteiger partial charge in [0.15, 0.2) is 6.23 Å². The number of nitrogens with zero attached hydrogens (tertiary/aromatic N) is 3. The monoisotopic (exact) mass is 365 g/mol. The SMILES string of the molecule is CCCCCCCCCCC(Oc1ccccc1)n1nnc2ccccc21. The molecule has 0 aliphatic carbocycles. The molecule has 0 saturated heterocycles. The highest BCUT2D eigenvalue weighted by atomic mass is 16.5. The topological polar surface area (TPSA) is 39.9 Å². The molecule has 0 spiro atoms. The van der Waals surface area contributed by atoms with Gasteiger partial charge in [0.2, 0.25) is 0 Å². The Morgan fingerprint density at radius 3 is 2.26 bits per heavy atom. The van der Waals surface area contributed by atoms with Crippen LogP contribution in [0.1, 0.15) is 70.9 Å². The van der Waals surface area contributed by atoms with Crippen LogP contribution >= 0.6 is 0 Å². The lowest BCUT2D eigenvalue weighted by molar-refractivity contribution is 0.108. The summed E-state index contributed by atoms with van der Waals surface area (Å²) in [5.41, 5.74) is 1.94. The molecule has 2 aromatic carbocycles. The Morgan fingerprint density at radius 1 is 0.815 bits per heavy atom. The van der Waals surface area contributed by atoms with E-state index in [1.165, 1.54) is 44.9 Å². The Kier molecular flexibility index (Phi) is 7.69. The Morgan fingerprint density at radius 2 is 1.48 bits per heavy atom. The summed E-state index contributed by atoms with van der Waals surface area (Å²) < 4.78 is 8.22. The van der Waals surface area contributed by atoms with Crippen molar-refractivity contribution in [1.29, 1.82) is 0 Å². The lowest BCUT2D eigenvalue weighted by atomic mass is 10.1. The minimum Gasteiger partial charge on any atom is -0.469 e. The highest BCUT2D eigenvalue weighted by Gasteiger charge is 2.17. The van der Waals surface area contributed by atoms with E-state index >= 15 is 0 Å². The number of ether oxygens (including phenoxy) is 1. The van der Waals surface area contributed by atoms with Crippen LogP contribution in [-0.2, 0) is 0 Å². The Bertz CT molecular complexity index is 784. The number of aromatic nitrogens is 3. The molecule has 0 aliphatic heterocycles. The second-order valence-electron chi connectivity index (χ2n) is 7.17. The highest BCUT2D eigenvalue weighted by molar-refractivity contribution is 5.73. The van der Waals surface area contributed by atoms with Gasteiger partial charge in [-0.15, -0.1) is 5.10 Å². The van der Waals surface area contributed by atoms with E-state index in [1.54, 1.807) is 0 Å². The molecular weight excluding hydrogens is 334 g/mol. The highest BCUT2D eigenvalue weighted by Crippen LogP contribution is 2.25. The van der Waals surface area contributed by atoms with Gasteiger partial charge in [-0.25, -0.2) is 4.68 Å². The summed E-state index contributed by atoms with van der Waals surface area (Å²) in [6.07, 6.45) is 11.3. The average Bonchev–Trinajstić information content (AvgIpc) is 3.14. The Hall–Kier alpha value is -2.36. The maximum Gasteiger partial charge on any atom is 0.193 e.